The average Bonchev–Trinajstić information content (AvgIpc) is 3.30. The number of pyridine rings is 1. The number of rotatable bonds is 5. The second-order valence-electron chi connectivity index (χ2n) is 8.57. The van der Waals surface area contributed by atoms with Crippen molar-refractivity contribution in [1.82, 2.24) is 15.0 Å². The molecule has 1 aliphatic heterocycles. The Balaban J connectivity index is 0.000000176. The largest absolute Gasteiger partial charge is 0.380 e. The molecular weight excluding hydrogens is 384 g/mol. The zero-order valence-electron chi connectivity index (χ0n) is 19.3. The van der Waals surface area contributed by atoms with Gasteiger partial charge in [0.05, 0.1) is 18.0 Å². The van der Waals surface area contributed by atoms with E-state index in [1.807, 2.05) is 36.9 Å². The van der Waals surface area contributed by atoms with Crippen LogP contribution in [0.4, 0.5) is 5.82 Å². The third kappa shape index (κ3) is 6.34. The summed E-state index contributed by atoms with van der Waals surface area (Å²) in [6.45, 7) is 10.6. The lowest BCUT2D eigenvalue weighted by Gasteiger charge is -2.17. The molecule has 0 N–H and O–H groups in total. The summed E-state index contributed by atoms with van der Waals surface area (Å²) in [5, 5.41) is 0. The first-order valence-corrected chi connectivity index (χ1v) is 11.1. The Hall–Kier alpha value is -2.79. The van der Waals surface area contributed by atoms with E-state index in [0.29, 0.717) is 17.9 Å². The molecule has 31 heavy (non-hydrogen) atoms. The number of aromatic nitrogens is 3. The minimum Gasteiger partial charge on any atom is -0.380 e. The van der Waals surface area contributed by atoms with Gasteiger partial charge in [0.15, 0.2) is 0 Å². The third-order valence-corrected chi connectivity index (χ3v) is 5.60. The first kappa shape index (κ1) is 22.9. The van der Waals surface area contributed by atoms with Crippen LogP contribution in [-0.4, -0.2) is 41.3 Å². The number of methoxy groups -OCH3 is 1. The molecular formula is C26H34N4O. The van der Waals surface area contributed by atoms with E-state index in [-0.39, 0.29) is 0 Å². The van der Waals surface area contributed by atoms with Crippen LogP contribution in [0.3, 0.4) is 0 Å². The predicted molar refractivity (Wildman–Crippen MR) is 128 cm³/mol. The molecule has 0 radical (unpaired) electrons. The molecule has 0 amide bonds. The Morgan fingerprint density at radius 1 is 0.935 bits per heavy atom. The van der Waals surface area contributed by atoms with Crippen LogP contribution in [0.25, 0.3) is 11.1 Å². The molecule has 1 atom stereocenters. The van der Waals surface area contributed by atoms with Gasteiger partial charge < -0.3 is 9.64 Å². The standard InChI is InChI=1S/C14H15N.C12H19N3O/c1-11(2)13-4-3-5-14(10-13)12-6-8-15-9-7-12;1-9(2)11-6-13-7-12(14-11)15-5-4-10(8-15)16-3/h3-11H,1-2H3;6-7,9-10H,4-5,8H2,1-3H3. The van der Waals surface area contributed by atoms with Crippen LogP contribution in [0.2, 0.25) is 0 Å². The fourth-order valence-corrected chi connectivity index (χ4v) is 3.55. The second-order valence-corrected chi connectivity index (χ2v) is 8.57. The summed E-state index contributed by atoms with van der Waals surface area (Å²) in [6, 6.07) is 12.8. The van der Waals surface area contributed by atoms with Crippen molar-refractivity contribution in [3.05, 3.63) is 72.4 Å². The van der Waals surface area contributed by atoms with E-state index in [2.05, 4.69) is 71.8 Å². The Morgan fingerprint density at radius 3 is 2.35 bits per heavy atom. The highest BCUT2D eigenvalue weighted by molar-refractivity contribution is 5.63. The summed E-state index contributed by atoms with van der Waals surface area (Å²) < 4.78 is 5.35. The first-order chi connectivity index (χ1) is 15.0. The van der Waals surface area contributed by atoms with Gasteiger partial charge >= 0.3 is 0 Å². The van der Waals surface area contributed by atoms with Gasteiger partial charge in [-0.1, -0.05) is 52.0 Å². The Kier molecular flexibility index (Phi) is 8.13. The topological polar surface area (TPSA) is 51.1 Å². The lowest BCUT2D eigenvalue weighted by molar-refractivity contribution is 0.121. The fraction of sp³-hybridized carbons (Fsp3) is 0.423. The van der Waals surface area contributed by atoms with Gasteiger partial charge in [-0.3, -0.25) is 9.97 Å². The summed E-state index contributed by atoms with van der Waals surface area (Å²) in [4.78, 5) is 15.2. The molecule has 1 aliphatic rings. The molecule has 4 rings (SSSR count). The zero-order chi connectivity index (χ0) is 22.2. The molecule has 0 aliphatic carbocycles. The molecule has 3 aromatic rings. The van der Waals surface area contributed by atoms with E-state index in [4.69, 9.17) is 4.74 Å². The second kappa shape index (κ2) is 11.0. The van der Waals surface area contributed by atoms with Gasteiger partial charge in [-0.25, -0.2) is 4.98 Å². The molecule has 5 nitrogen and oxygen atoms in total. The molecule has 1 saturated heterocycles. The van der Waals surface area contributed by atoms with Crippen LogP contribution in [0.5, 0.6) is 0 Å². The number of hydrogen-bond donors (Lipinski definition) is 0. The van der Waals surface area contributed by atoms with Gasteiger partial charge in [-0.15, -0.1) is 0 Å². The molecule has 0 spiro atoms. The summed E-state index contributed by atoms with van der Waals surface area (Å²) >= 11 is 0. The van der Waals surface area contributed by atoms with Crippen molar-refractivity contribution < 1.29 is 4.74 Å². The van der Waals surface area contributed by atoms with Crippen LogP contribution < -0.4 is 4.90 Å². The van der Waals surface area contributed by atoms with Crippen molar-refractivity contribution in [2.24, 2.45) is 0 Å². The quantitative estimate of drug-likeness (QED) is 0.532. The van der Waals surface area contributed by atoms with Gasteiger partial charge in [-0.2, -0.15) is 0 Å². The van der Waals surface area contributed by atoms with E-state index in [1.54, 1.807) is 7.11 Å². The molecule has 164 valence electrons. The number of anilines is 1. The number of hydrogen-bond acceptors (Lipinski definition) is 5. The van der Waals surface area contributed by atoms with Gasteiger partial charge in [0.1, 0.15) is 5.82 Å². The monoisotopic (exact) mass is 418 g/mol. The molecule has 0 saturated carbocycles. The minimum atomic E-state index is 0.338. The number of nitrogens with zero attached hydrogens (tertiary/aromatic N) is 4. The van der Waals surface area contributed by atoms with Crippen molar-refractivity contribution in [1.29, 1.82) is 0 Å². The maximum absolute atomic E-state index is 5.35. The lowest BCUT2D eigenvalue weighted by Crippen LogP contribution is -2.23. The van der Waals surface area contributed by atoms with Crippen molar-refractivity contribution in [3.63, 3.8) is 0 Å². The number of ether oxygens (including phenoxy) is 1. The normalized spacial score (nSPS) is 15.8. The lowest BCUT2D eigenvalue weighted by atomic mass is 9.98. The van der Waals surface area contributed by atoms with Crippen LogP contribution in [0.15, 0.2) is 61.2 Å². The van der Waals surface area contributed by atoms with Crippen LogP contribution in [0.1, 0.15) is 57.2 Å². The smallest absolute Gasteiger partial charge is 0.147 e. The summed E-state index contributed by atoms with van der Waals surface area (Å²) in [7, 11) is 1.77. The van der Waals surface area contributed by atoms with Crippen molar-refractivity contribution >= 4 is 5.82 Å². The third-order valence-electron chi connectivity index (χ3n) is 5.60. The predicted octanol–water partition coefficient (Wildman–Crippen LogP) is 5.70. The highest BCUT2D eigenvalue weighted by Crippen LogP contribution is 2.23. The number of benzene rings is 1. The van der Waals surface area contributed by atoms with Gasteiger partial charge in [0.2, 0.25) is 0 Å². The van der Waals surface area contributed by atoms with Crippen LogP contribution in [0, 0.1) is 0 Å². The maximum atomic E-state index is 5.35. The SMILES string of the molecule is CC(C)c1cccc(-c2ccncc2)c1.COC1CCN(c2cncc(C(C)C)n2)C1. The van der Waals surface area contributed by atoms with Gasteiger partial charge in [0.25, 0.3) is 0 Å². The van der Waals surface area contributed by atoms with Gasteiger partial charge in [0, 0.05) is 38.8 Å². The first-order valence-electron chi connectivity index (χ1n) is 11.1. The summed E-state index contributed by atoms with van der Waals surface area (Å²) in [5.41, 5.74) is 4.93. The molecule has 1 fully saturated rings. The molecule has 1 aromatic carbocycles. The van der Waals surface area contributed by atoms with E-state index in [0.717, 1.165) is 31.0 Å². The highest BCUT2D eigenvalue weighted by atomic mass is 16.5. The van der Waals surface area contributed by atoms with Crippen molar-refractivity contribution in [3.8, 4) is 11.1 Å². The highest BCUT2D eigenvalue weighted by Gasteiger charge is 2.23. The zero-order valence-corrected chi connectivity index (χ0v) is 19.3. The van der Waals surface area contributed by atoms with Crippen LogP contribution in [-0.2, 0) is 4.74 Å². The van der Waals surface area contributed by atoms with Crippen molar-refractivity contribution in [2.45, 2.75) is 52.1 Å². The maximum Gasteiger partial charge on any atom is 0.147 e. The average molecular weight is 419 g/mol. The van der Waals surface area contributed by atoms with E-state index in [1.165, 1.54) is 16.7 Å². The van der Waals surface area contributed by atoms with E-state index >= 15 is 0 Å². The molecule has 5 heteroatoms. The minimum absolute atomic E-state index is 0.338. The fourth-order valence-electron chi connectivity index (χ4n) is 3.55. The summed E-state index contributed by atoms with van der Waals surface area (Å²) in [5.74, 6) is 1.98. The Labute approximate surface area is 186 Å². The Bertz CT molecular complexity index is 943. The van der Waals surface area contributed by atoms with E-state index < -0.39 is 0 Å². The Morgan fingerprint density at radius 2 is 1.71 bits per heavy atom. The van der Waals surface area contributed by atoms with Gasteiger partial charge in [-0.05, 0) is 47.1 Å². The van der Waals surface area contributed by atoms with Crippen molar-refractivity contribution in [2.75, 3.05) is 25.1 Å². The van der Waals surface area contributed by atoms with Crippen LogP contribution >= 0.6 is 0 Å². The molecule has 2 aromatic heterocycles. The summed E-state index contributed by atoms with van der Waals surface area (Å²) in [6.07, 6.45) is 8.75. The molecule has 0 bridgehead atoms. The molecule has 1 unspecified atom stereocenters. The molecule has 3 heterocycles. The van der Waals surface area contributed by atoms with E-state index in [9.17, 15) is 0 Å².